The van der Waals surface area contributed by atoms with Crippen molar-refractivity contribution in [2.75, 3.05) is 18.5 Å². The lowest BCUT2D eigenvalue weighted by Crippen LogP contribution is -2.23. The molecule has 0 radical (unpaired) electrons. The highest BCUT2D eigenvalue weighted by Gasteiger charge is 2.01. The maximum Gasteiger partial charge on any atom is 0.193 e. The number of guanidine groups is 1. The zero-order chi connectivity index (χ0) is 14.9. The van der Waals surface area contributed by atoms with Gasteiger partial charge in [-0.1, -0.05) is 36.4 Å². The number of hydrogen-bond acceptors (Lipinski definition) is 2. The summed E-state index contributed by atoms with van der Waals surface area (Å²) in [6, 6.07) is 17.8. The molecule has 2 aromatic rings. The van der Waals surface area contributed by atoms with Gasteiger partial charge in [0.2, 0.25) is 0 Å². The van der Waals surface area contributed by atoms with Crippen molar-refractivity contribution in [2.45, 2.75) is 13.3 Å². The molecule has 3 N–H and O–H groups in total. The number of ether oxygens (including phenoxy) is 1. The second-order valence-corrected chi connectivity index (χ2v) is 4.55. The number of rotatable bonds is 6. The minimum absolute atomic E-state index is 0. The monoisotopic (exact) mass is 411 g/mol. The number of nitrogens with zero attached hydrogens (tertiary/aromatic N) is 1. The quantitative estimate of drug-likeness (QED) is 0.433. The molecule has 0 bridgehead atoms. The van der Waals surface area contributed by atoms with Crippen molar-refractivity contribution in [3.8, 4) is 5.75 Å². The van der Waals surface area contributed by atoms with Crippen LogP contribution in [0.5, 0.6) is 5.75 Å². The summed E-state index contributed by atoms with van der Waals surface area (Å²) in [6.45, 7) is 3.27. The molecule has 0 aromatic heterocycles. The van der Waals surface area contributed by atoms with Gasteiger partial charge < -0.3 is 15.8 Å². The molecule has 118 valence electrons. The van der Waals surface area contributed by atoms with Crippen molar-refractivity contribution in [3.05, 3.63) is 60.2 Å². The lowest BCUT2D eigenvalue weighted by Gasteiger charge is -2.09. The molecule has 0 saturated carbocycles. The predicted octanol–water partition coefficient (Wildman–Crippen LogP) is 3.67. The molecule has 2 rings (SSSR count). The minimum Gasteiger partial charge on any atom is -0.494 e. The molecule has 0 amide bonds. The molecular formula is C17H22IN3O. The molecular weight excluding hydrogens is 389 g/mol. The fourth-order valence-corrected chi connectivity index (χ4v) is 2.01. The molecule has 0 unspecified atom stereocenters. The first-order valence-corrected chi connectivity index (χ1v) is 7.12. The van der Waals surface area contributed by atoms with Crippen LogP contribution in [-0.2, 0) is 6.42 Å². The Morgan fingerprint density at radius 1 is 1.09 bits per heavy atom. The lowest BCUT2D eigenvalue weighted by atomic mass is 10.1. The van der Waals surface area contributed by atoms with Gasteiger partial charge in [-0.3, -0.25) is 4.99 Å². The Morgan fingerprint density at radius 2 is 1.77 bits per heavy atom. The van der Waals surface area contributed by atoms with Crippen molar-refractivity contribution < 1.29 is 4.74 Å². The van der Waals surface area contributed by atoms with Gasteiger partial charge in [0.25, 0.3) is 0 Å². The number of hydrogen-bond donors (Lipinski definition) is 2. The first-order chi connectivity index (χ1) is 10.3. The summed E-state index contributed by atoms with van der Waals surface area (Å²) in [5.41, 5.74) is 7.96. The van der Waals surface area contributed by atoms with E-state index in [9.17, 15) is 0 Å². The molecule has 0 aliphatic carbocycles. The summed E-state index contributed by atoms with van der Waals surface area (Å²) in [7, 11) is 0. The van der Waals surface area contributed by atoms with Gasteiger partial charge >= 0.3 is 0 Å². The number of anilines is 1. The predicted molar refractivity (Wildman–Crippen MR) is 103 cm³/mol. The van der Waals surface area contributed by atoms with Crippen molar-refractivity contribution in [1.82, 2.24) is 0 Å². The van der Waals surface area contributed by atoms with Crippen LogP contribution in [0.3, 0.4) is 0 Å². The van der Waals surface area contributed by atoms with E-state index in [2.05, 4.69) is 16.4 Å². The van der Waals surface area contributed by atoms with E-state index >= 15 is 0 Å². The lowest BCUT2D eigenvalue weighted by molar-refractivity contribution is 0.336. The number of nitrogens with two attached hydrogens (primary N) is 1. The van der Waals surface area contributed by atoms with Gasteiger partial charge in [-0.15, -0.1) is 24.0 Å². The first-order valence-electron chi connectivity index (χ1n) is 7.12. The smallest absolute Gasteiger partial charge is 0.193 e. The Labute approximate surface area is 148 Å². The molecule has 2 aromatic carbocycles. The summed E-state index contributed by atoms with van der Waals surface area (Å²) in [5, 5.41) is 3.06. The Balaban J connectivity index is 0.00000242. The van der Waals surface area contributed by atoms with E-state index in [4.69, 9.17) is 10.5 Å². The second-order valence-electron chi connectivity index (χ2n) is 4.55. The summed E-state index contributed by atoms with van der Waals surface area (Å²) in [6.07, 6.45) is 0.799. The highest BCUT2D eigenvalue weighted by Crippen LogP contribution is 2.18. The first kappa shape index (κ1) is 18.3. The van der Waals surface area contributed by atoms with Gasteiger partial charge in [0, 0.05) is 12.2 Å². The summed E-state index contributed by atoms with van der Waals surface area (Å²) < 4.78 is 5.59. The zero-order valence-electron chi connectivity index (χ0n) is 12.7. The number of nitrogens with one attached hydrogen (secondary N) is 1. The SMILES string of the molecule is CCOc1ccccc1CCN=C(N)Nc1ccccc1.I. The van der Waals surface area contributed by atoms with Gasteiger partial charge in [-0.2, -0.15) is 0 Å². The standard InChI is InChI=1S/C17H21N3O.HI/c1-2-21-16-11-7-6-8-14(16)12-13-19-17(18)20-15-9-4-3-5-10-15;/h3-11H,2,12-13H2,1H3,(H3,18,19,20);1H. The van der Waals surface area contributed by atoms with E-state index in [-0.39, 0.29) is 24.0 Å². The summed E-state index contributed by atoms with van der Waals surface area (Å²) in [5.74, 6) is 1.35. The highest BCUT2D eigenvalue weighted by atomic mass is 127. The van der Waals surface area contributed by atoms with Crippen LogP contribution in [0, 0.1) is 0 Å². The normalized spacial score (nSPS) is 10.7. The number of aliphatic imine (C=N–C) groups is 1. The molecule has 0 saturated heterocycles. The molecule has 0 aliphatic heterocycles. The largest absolute Gasteiger partial charge is 0.494 e. The topological polar surface area (TPSA) is 59.6 Å². The fraction of sp³-hybridized carbons (Fsp3) is 0.235. The van der Waals surface area contributed by atoms with Crippen LogP contribution in [-0.4, -0.2) is 19.1 Å². The van der Waals surface area contributed by atoms with Crippen molar-refractivity contribution >= 4 is 35.6 Å². The molecule has 0 aliphatic rings. The van der Waals surface area contributed by atoms with E-state index in [1.54, 1.807) is 0 Å². The van der Waals surface area contributed by atoms with E-state index in [1.807, 2.05) is 55.5 Å². The van der Waals surface area contributed by atoms with Gasteiger partial charge in [0.05, 0.1) is 6.61 Å². The Hall–Kier alpha value is -1.76. The average molecular weight is 411 g/mol. The van der Waals surface area contributed by atoms with Gasteiger partial charge in [0.1, 0.15) is 5.75 Å². The zero-order valence-corrected chi connectivity index (χ0v) is 15.0. The molecule has 0 spiro atoms. The molecule has 0 atom stereocenters. The Kier molecular flexibility index (Phi) is 8.35. The highest BCUT2D eigenvalue weighted by molar-refractivity contribution is 14.0. The molecule has 0 fully saturated rings. The van der Waals surface area contributed by atoms with Crippen LogP contribution >= 0.6 is 24.0 Å². The third-order valence-electron chi connectivity index (χ3n) is 2.98. The molecule has 4 nitrogen and oxygen atoms in total. The average Bonchev–Trinajstić information content (AvgIpc) is 2.50. The molecule has 22 heavy (non-hydrogen) atoms. The van der Waals surface area contributed by atoms with Crippen molar-refractivity contribution in [1.29, 1.82) is 0 Å². The number of benzene rings is 2. The van der Waals surface area contributed by atoms with E-state index in [0.717, 1.165) is 23.4 Å². The Bertz CT molecular complexity index is 587. The fourth-order valence-electron chi connectivity index (χ4n) is 2.01. The van der Waals surface area contributed by atoms with Gasteiger partial charge in [0.15, 0.2) is 5.96 Å². The number of halogens is 1. The van der Waals surface area contributed by atoms with Crippen LogP contribution in [0.15, 0.2) is 59.6 Å². The van der Waals surface area contributed by atoms with E-state index < -0.39 is 0 Å². The van der Waals surface area contributed by atoms with Gasteiger partial charge in [-0.25, -0.2) is 0 Å². The third kappa shape index (κ3) is 5.93. The maximum atomic E-state index is 5.87. The van der Waals surface area contributed by atoms with Crippen LogP contribution in [0.2, 0.25) is 0 Å². The van der Waals surface area contributed by atoms with E-state index in [1.165, 1.54) is 0 Å². The molecule has 5 heteroatoms. The van der Waals surface area contributed by atoms with Crippen LogP contribution in [0.25, 0.3) is 0 Å². The summed E-state index contributed by atoms with van der Waals surface area (Å²) in [4.78, 5) is 4.34. The third-order valence-corrected chi connectivity index (χ3v) is 2.98. The van der Waals surface area contributed by atoms with Crippen LogP contribution in [0.1, 0.15) is 12.5 Å². The maximum absolute atomic E-state index is 5.87. The number of para-hydroxylation sites is 2. The van der Waals surface area contributed by atoms with Crippen LogP contribution in [0.4, 0.5) is 5.69 Å². The van der Waals surface area contributed by atoms with Crippen molar-refractivity contribution in [2.24, 2.45) is 10.7 Å². The van der Waals surface area contributed by atoms with Gasteiger partial charge in [-0.05, 0) is 37.1 Å². The Morgan fingerprint density at radius 3 is 2.50 bits per heavy atom. The second kappa shape index (κ2) is 10.0. The molecule has 0 heterocycles. The van der Waals surface area contributed by atoms with Crippen LogP contribution < -0.4 is 15.8 Å². The van der Waals surface area contributed by atoms with Crippen molar-refractivity contribution in [3.63, 3.8) is 0 Å². The van der Waals surface area contributed by atoms with E-state index in [0.29, 0.717) is 19.1 Å². The minimum atomic E-state index is 0. The summed E-state index contributed by atoms with van der Waals surface area (Å²) >= 11 is 0.